The van der Waals surface area contributed by atoms with Crippen molar-refractivity contribution in [1.82, 2.24) is 0 Å². The molecular weight excluding hydrogens is 827 g/mol. The Balaban J connectivity index is 0.985. The third-order valence-electron chi connectivity index (χ3n) is 16.4. The van der Waals surface area contributed by atoms with Gasteiger partial charge in [-0.25, -0.2) is 0 Å². The number of hydrogen-bond donors (Lipinski definition) is 0. The predicted octanol–water partition coefficient (Wildman–Crippen LogP) is 18.2. The van der Waals surface area contributed by atoms with E-state index in [1.54, 1.807) is 0 Å². The molecule has 9 aromatic carbocycles. The average Bonchev–Trinajstić information content (AvgIpc) is 4.09. The van der Waals surface area contributed by atoms with Crippen LogP contribution >= 0.6 is 0 Å². The van der Waals surface area contributed by atoms with Crippen molar-refractivity contribution in [2.24, 2.45) is 0 Å². The van der Waals surface area contributed by atoms with Crippen LogP contribution in [0.2, 0.25) is 0 Å². The van der Waals surface area contributed by atoms with E-state index < -0.39 is 0 Å². The van der Waals surface area contributed by atoms with E-state index in [2.05, 4.69) is 224 Å². The van der Waals surface area contributed by atoms with Gasteiger partial charge in [0.05, 0.1) is 0 Å². The smallest absolute Gasteiger partial charge is 0.144 e. The summed E-state index contributed by atoms with van der Waals surface area (Å²) in [7, 11) is 0. The number of hydrogen-bond acceptors (Lipinski definition) is 3. The Kier molecular flexibility index (Phi) is 7.73. The maximum Gasteiger partial charge on any atom is 0.144 e. The van der Waals surface area contributed by atoms with Gasteiger partial charge in [-0.2, -0.15) is 0 Å². The van der Waals surface area contributed by atoms with Crippen LogP contribution in [0.4, 0.5) is 17.1 Å². The van der Waals surface area contributed by atoms with Gasteiger partial charge in [0.25, 0.3) is 0 Å². The van der Waals surface area contributed by atoms with Crippen molar-refractivity contribution in [3.05, 3.63) is 208 Å². The Bertz CT molecular complexity index is 4020. The highest BCUT2D eigenvalue weighted by molar-refractivity contribution is 6.21. The van der Waals surface area contributed by atoms with E-state index in [1.165, 1.54) is 99.6 Å². The minimum atomic E-state index is -0.329. The maximum absolute atomic E-state index is 7.04. The Hall–Kier alpha value is -7.62. The molecule has 0 radical (unpaired) electrons. The van der Waals surface area contributed by atoms with Gasteiger partial charge in [0.1, 0.15) is 22.3 Å². The summed E-state index contributed by atoms with van der Waals surface area (Å²) in [4.78, 5) is 2.50. The summed E-state index contributed by atoms with van der Waals surface area (Å²) in [6, 6.07) is 60.7. The molecule has 0 unspecified atom stereocenters. The molecular formula is C65H51NO2. The normalized spacial score (nSPS) is 15.4. The molecule has 68 heavy (non-hydrogen) atoms. The van der Waals surface area contributed by atoms with Crippen LogP contribution in [0.25, 0.3) is 88.4 Å². The van der Waals surface area contributed by atoms with Crippen molar-refractivity contribution in [3.63, 3.8) is 0 Å². The van der Waals surface area contributed by atoms with Crippen LogP contribution in [-0.2, 0) is 16.2 Å². The van der Waals surface area contributed by atoms with E-state index >= 15 is 0 Å². The van der Waals surface area contributed by atoms with Crippen LogP contribution in [0.15, 0.2) is 173 Å². The fourth-order valence-corrected chi connectivity index (χ4v) is 13.1. The van der Waals surface area contributed by atoms with Gasteiger partial charge in [0, 0.05) is 66.0 Å². The highest BCUT2D eigenvalue weighted by atomic mass is 16.3. The number of benzene rings is 9. The molecule has 3 aliphatic carbocycles. The molecule has 2 heterocycles. The fourth-order valence-electron chi connectivity index (χ4n) is 13.1. The third-order valence-corrected chi connectivity index (χ3v) is 16.4. The minimum absolute atomic E-state index is 0.206. The van der Waals surface area contributed by atoms with Crippen LogP contribution in [0.5, 0.6) is 0 Å². The SMILES string of the molecule is Cc1ccc(-c2cc3c(c4c2oc2ccccc24)-c2ccc(N(c4ccc5c(c4)C(C)(C)c4c6c(c7c(oc8ccccc87)c4-5)-c4ccccc4C6(C)C)c4ccccc4C)cc2C3(C)C)cc1. The lowest BCUT2D eigenvalue weighted by molar-refractivity contribution is 0.600. The summed E-state index contributed by atoms with van der Waals surface area (Å²) in [5, 5.41) is 4.76. The van der Waals surface area contributed by atoms with Crippen molar-refractivity contribution in [2.45, 2.75) is 71.6 Å². The molecule has 3 aliphatic rings. The zero-order valence-electron chi connectivity index (χ0n) is 39.9. The second kappa shape index (κ2) is 13.3. The van der Waals surface area contributed by atoms with Gasteiger partial charge in [-0.15, -0.1) is 0 Å². The Labute approximate surface area is 397 Å². The van der Waals surface area contributed by atoms with Gasteiger partial charge >= 0.3 is 0 Å². The molecule has 0 N–H and O–H groups in total. The summed E-state index contributed by atoms with van der Waals surface area (Å²) in [5.74, 6) is 0. The molecule has 0 saturated heterocycles. The number of fused-ring (bicyclic) bond motifs is 19. The minimum Gasteiger partial charge on any atom is -0.455 e. The van der Waals surface area contributed by atoms with Crippen molar-refractivity contribution >= 4 is 60.9 Å². The first-order valence-electron chi connectivity index (χ1n) is 24.2. The van der Waals surface area contributed by atoms with Crippen LogP contribution in [-0.4, -0.2) is 0 Å². The van der Waals surface area contributed by atoms with Gasteiger partial charge in [-0.05, 0) is 135 Å². The number of furan rings is 2. The highest BCUT2D eigenvalue weighted by Crippen LogP contribution is 2.64. The largest absolute Gasteiger partial charge is 0.455 e. The van der Waals surface area contributed by atoms with Crippen LogP contribution in [0, 0.1) is 13.8 Å². The summed E-state index contributed by atoms with van der Waals surface area (Å²) < 4.78 is 13.9. The van der Waals surface area contributed by atoms with E-state index in [9.17, 15) is 0 Å². The van der Waals surface area contributed by atoms with Crippen molar-refractivity contribution in [3.8, 4) is 44.5 Å². The Morgan fingerprint density at radius 3 is 1.62 bits per heavy atom. The zero-order chi connectivity index (χ0) is 46.2. The lowest BCUT2D eigenvalue weighted by Gasteiger charge is -2.32. The van der Waals surface area contributed by atoms with Crippen molar-refractivity contribution < 1.29 is 8.83 Å². The first kappa shape index (κ1) is 39.5. The first-order valence-corrected chi connectivity index (χ1v) is 24.2. The molecule has 11 aromatic rings. The molecule has 0 bridgehead atoms. The van der Waals surface area contributed by atoms with E-state index in [-0.39, 0.29) is 16.2 Å². The molecule has 0 spiro atoms. The maximum atomic E-state index is 7.04. The number of anilines is 3. The van der Waals surface area contributed by atoms with Crippen molar-refractivity contribution in [1.29, 1.82) is 0 Å². The fraction of sp³-hybridized carbons (Fsp3) is 0.169. The van der Waals surface area contributed by atoms with E-state index in [4.69, 9.17) is 8.83 Å². The monoisotopic (exact) mass is 877 g/mol. The van der Waals surface area contributed by atoms with Crippen LogP contribution in [0.3, 0.4) is 0 Å². The topological polar surface area (TPSA) is 29.5 Å². The number of para-hydroxylation sites is 3. The standard InChI is InChI=1S/C65H51NO2/c1-36-25-27-38(28-26-36)46-35-50-54(56-44-19-11-15-23-52(44)67-61(46)56)42-31-29-39(33-48(42)63(50,3)4)66(51-22-14-9-17-37(51)2)40-30-32-43-49(34-40)65(7,8)60-58(43)62-57(45-20-12-16-24-53(45)68-62)55-41-18-10-13-21-47(41)64(5,6)59(55)60/h9-35H,1-8H3. The lowest BCUT2D eigenvalue weighted by atomic mass is 9.72. The molecule has 3 nitrogen and oxygen atoms in total. The number of nitrogens with zero attached hydrogens (tertiary/aromatic N) is 1. The highest BCUT2D eigenvalue weighted by Gasteiger charge is 2.49. The average molecular weight is 878 g/mol. The quantitative estimate of drug-likeness (QED) is 0.176. The molecule has 3 heteroatoms. The predicted molar refractivity (Wildman–Crippen MR) is 283 cm³/mol. The van der Waals surface area contributed by atoms with Crippen LogP contribution in [0.1, 0.15) is 86.1 Å². The Morgan fingerprint density at radius 2 is 0.926 bits per heavy atom. The van der Waals surface area contributed by atoms with E-state index in [0.29, 0.717) is 0 Å². The molecule has 0 saturated carbocycles. The summed E-state index contributed by atoms with van der Waals surface area (Å²) in [6.07, 6.45) is 0. The third kappa shape index (κ3) is 4.98. The molecule has 0 amide bonds. The molecule has 328 valence electrons. The molecule has 0 atom stereocenters. The van der Waals surface area contributed by atoms with Crippen LogP contribution < -0.4 is 4.90 Å². The lowest BCUT2D eigenvalue weighted by Crippen LogP contribution is -2.24. The van der Waals surface area contributed by atoms with Gasteiger partial charge in [0.2, 0.25) is 0 Å². The molecule has 0 fully saturated rings. The number of rotatable bonds is 4. The van der Waals surface area contributed by atoms with Gasteiger partial charge in [-0.3, -0.25) is 0 Å². The first-order chi connectivity index (χ1) is 32.8. The van der Waals surface area contributed by atoms with Crippen molar-refractivity contribution in [2.75, 3.05) is 4.90 Å². The van der Waals surface area contributed by atoms with Gasteiger partial charge < -0.3 is 13.7 Å². The second-order valence-electron chi connectivity index (χ2n) is 21.3. The van der Waals surface area contributed by atoms with E-state index in [0.717, 1.165) is 50.3 Å². The van der Waals surface area contributed by atoms with Gasteiger partial charge in [0.15, 0.2) is 0 Å². The van der Waals surface area contributed by atoms with Gasteiger partial charge in [-0.1, -0.05) is 162 Å². The Morgan fingerprint density at radius 1 is 0.397 bits per heavy atom. The summed E-state index contributed by atoms with van der Waals surface area (Å²) in [6.45, 7) is 18.9. The summed E-state index contributed by atoms with van der Waals surface area (Å²) >= 11 is 0. The molecule has 2 aromatic heterocycles. The zero-order valence-corrected chi connectivity index (χ0v) is 39.9. The molecule has 14 rings (SSSR count). The molecule has 0 aliphatic heterocycles. The van der Waals surface area contributed by atoms with E-state index in [1.807, 2.05) is 0 Å². The second-order valence-corrected chi connectivity index (χ2v) is 21.3. The number of aryl methyl sites for hydroxylation is 2. The summed E-state index contributed by atoms with van der Waals surface area (Å²) in [5.41, 5.74) is 27.0.